The molecule has 0 heterocycles. The first-order valence-electron chi connectivity index (χ1n) is 5.88. The van der Waals surface area contributed by atoms with Crippen LogP contribution in [0.5, 0.6) is 5.75 Å². The molecule has 1 amide bonds. The van der Waals surface area contributed by atoms with E-state index in [-0.39, 0.29) is 18.0 Å². The van der Waals surface area contributed by atoms with Crippen LogP contribution in [0.15, 0.2) is 22.7 Å². The van der Waals surface area contributed by atoms with E-state index in [1.807, 2.05) is 32.0 Å². The van der Waals surface area contributed by atoms with Gasteiger partial charge in [0.2, 0.25) is 5.91 Å². The number of hydrogen-bond acceptors (Lipinski definition) is 3. The van der Waals surface area contributed by atoms with Gasteiger partial charge in [-0.2, -0.15) is 0 Å². The highest BCUT2D eigenvalue weighted by Gasteiger charge is 2.17. The summed E-state index contributed by atoms with van der Waals surface area (Å²) < 4.78 is 6.07. The van der Waals surface area contributed by atoms with E-state index in [1.165, 1.54) is 0 Å². The number of methoxy groups -OCH3 is 1. The molecule has 100 valence electrons. The van der Waals surface area contributed by atoms with E-state index < -0.39 is 0 Å². The second kappa shape index (κ2) is 6.75. The SMILES string of the molecule is CC[C@H](N[C@H](C)c1ccc(OC)c(Br)c1)C(N)=O. The van der Waals surface area contributed by atoms with Crippen LogP contribution in [0.3, 0.4) is 0 Å². The van der Waals surface area contributed by atoms with Gasteiger partial charge in [0.15, 0.2) is 0 Å². The van der Waals surface area contributed by atoms with Crippen LogP contribution in [0.2, 0.25) is 0 Å². The fourth-order valence-corrected chi connectivity index (χ4v) is 2.31. The number of rotatable bonds is 6. The van der Waals surface area contributed by atoms with Gasteiger partial charge in [-0.1, -0.05) is 13.0 Å². The fraction of sp³-hybridized carbons (Fsp3) is 0.462. The second-order valence-corrected chi connectivity index (χ2v) is 5.00. The lowest BCUT2D eigenvalue weighted by Crippen LogP contribution is -2.41. The fourth-order valence-electron chi connectivity index (χ4n) is 1.75. The smallest absolute Gasteiger partial charge is 0.234 e. The summed E-state index contributed by atoms with van der Waals surface area (Å²) in [7, 11) is 1.63. The monoisotopic (exact) mass is 314 g/mol. The van der Waals surface area contributed by atoms with E-state index in [1.54, 1.807) is 7.11 Å². The summed E-state index contributed by atoms with van der Waals surface area (Å²) >= 11 is 3.44. The number of benzene rings is 1. The predicted octanol–water partition coefficient (Wildman–Crippen LogP) is 2.37. The van der Waals surface area contributed by atoms with Crippen molar-refractivity contribution in [3.05, 3.63) is 28.2 Å². The predicted molar refractivity (Wildman–Crippen MR) is 75.5 cm³/mol. The van der Waals surface area contributed by atoms with Crippen molar-refractivity contribution in [2.45, 2.75) is 32.4 Å². The van der Waals surface area contributed by atoms with Crippen LogP contribution in [0.25, 0.3) is 0 Å². The molecule has 0 bridgehead atoms. The average Bonchev–Trinajstić information content (AvgIpc) is 2.35. The number of carbonyl (C=O) groups excluding carboxylic acids is 1. The van der Waals surface area contributed by atoms with Gasteiger partial charge in [-0.25, -0.2) is 0 Å². The number of halogens is 1. The third-order valence-corrected chi connectivity index (χ3v) is 3.50. The minimum atomic E-state index is -0.322. The summed E-state index contributed by atoms with van der Waals surface area (Å²) in [6, 6.07) is 5.58. The van der Waals surface area contributed by atoms with E-state index >= 15 is 0 Å². The normalized spacial score (nSPS) is 14.0. The van der Waals surface area contributed by atoms with E-state index in [2.05, 4.69) is 21.2 Å². The summed E-state index contributed by atoms with van der Waals surface area (Å²) in [5, 5.41) is 3.21. The summed E-state index contributed by atoms with van der Waals surface area (Å²) in [5.41, 5.74) is 6.39. The van der Waals surface area contributed by atoms with E-state index in [9.17, 15) is 4.79 Å². The van der Waals surface area contributed by atoms with Gasteiger partial charge in [0.1, 0.15) is 5.75 Å². The Balaban J connectivity index is 2.81. The highest BCUT2D eigenvalue weighted by atomic mass is 79.9. The van der Waals surface area contributed by atoms with Crippen molar-refractivity contribution >= 4 is 21.8 Å². The van der Waals surface area contributed by atoms with Gasteiger partial charge in [-0.05, 0) is 47.0 Å². The standard InChI is InChI=1S/C13H19BrN2O2/c1-4-11(13(15)17)16-8(2)9-5-6-12(18-3)10(14)7-9/h5-8,11,16H,4H2,1-3H3,(H2,15,17)/t8-,11+/m1/s1. The van der Waals surface area contributed by atoms with Crippen molar-refractivity contribution in [1.82, 2.24) is 5.32 Å². The maximum atomic E-state index is 11.2. The Hall–Kier alpha value is -1.07. The number of ether oxygens (including phenoxy) is 1. The van der Waals surface area contributed by atoms with Crippen LogP contribution in [-0.2, 0) is 4.79 Å². The van der Waals surface area contributed by atoms with Gasteiger partial charge in [-0.3, -0.25) is 10.1 Å². The van der Waals surface area contributed by atoms with Crippen molar-refractivity contribution in [2.24, 2.45) is 5.73 Å². The molecule has 0 aliphatic rings. The van der Waals surface area contributed by atoms with E-state index in [0.29, 0.717) is 6.42 Å². The zero-order chi connectivity index (χ0) is 13.7. The third-order valence-electron chi connectivity index (χ3n) is 2.88. The van der Waals surface area contributed by atoms with Crippen molar-refractivity contribution in [1.29, 1.82) is 0 Å². The molecule has 1 aromatic rings. The lowest BCUT2D eigenvalue weighted by atomic mass is 10.1. The average molecular weight is 315 g/mol. The number of nitrogens with two attached hydrogens (primary N) is 1. The molecule has 0 aliphatic heterocycles. The van der Waals surface area contributed by atoms with Crippen LogP contribution >= 0.6 is 15.9 Å². The molecule has 0 saturated carbocycles. The third kappa shape index (κ3) is 3.71. The van der Waals surface area contributed by atoms with Gasteiger partial charge in [0.05, 0.1) is 17.6 Å². The summed E-state index contributed by atoms with van der Waals surface area (Å²) in [5.74, 6) is 0.463. The molecule has 18 heavy (non-hydrogen) atoms. The van der Waals surface area contributed by atoms with Gasteiger partial charge < -0.3 is 10.5 Å². The minimum Gasteiger partial charge on any atom is -0.496 e. The maximum absolute atomic E-state index is 11.2. The van der Waals surface area contributed by atoms with Crippen molar-refractivity contribution in [3.63, 3.8) is 0 Å². The zero-order valence-electron chi connectivity index (χ0n) is 10.9. The molecule has 0 unspecified atom stereocenters. The van der Waals surface area contributed by atoms with Gasteiger partial charge in [-0.15, -0.1) is 0 Å². The summed E-state index contributed by atoms with van der Waals surface area (Å²) in [6.07, 6.45) is 0.678. The van der Waals surface area contributed by atoms with Crippen molar-refractivity contribution in [2.75, 3.05) is 7.11 Å². The minimum absolute atomic E-state index is 0.0460. The van der Waals surface area contributed by atoms with Crippen LogP contribution < -0.4 is 15.8 Å². The first kappa shape index (κ1) is 15.0. The highest BCUT2D eigenvalue weighted by Crippen LogP contribution is 2.28. The lowest BCUT2D eigenvalue weighted by molar-refractivity contribution is -0.120. The quantitative estimate of drug-likeness (QED) is 0.847. The van der Waals surface area contributed by atoms with Crippen molar-refractivity contribution in [3.8, 4) is 5.75 Å². The van der Waals surface area contributed by atoms with Crippen LogP contribution in [0.1, 0.15) is 31.9 Å². The van der Waals surface area contributed by atoms with Crippen LogP contribution in [-0.4, -0.2) is 19.1 Å². The summed E-state index contributed by atoms with van der Waals surface area (Å²) in [4.78, 5) is 11.2. The summed E-state index contributed by atoms with van der Waals surface area (Å²) in [6.45, 7) is 3.93. The Kier molecular flexibility index (Phi) is 5.62. The largest absolute Gasteiger partial charge is 0.496 e. The van der Waals surface area contributed by atoms with E-state index in [4.69, 9.17) is 10.5 Å². The first-order valence-corrected chi connectivity index (χ1v) is 6.67. The lowest BCUT2D eigenvalue weighted by Gasteiger charge is -2.20. The molecule has 0 spiro atoms. The first-order chi connectivity index (χ1) is 8.49. The Morgan fingerprint density at radius 2 is 2.22 bits per heavy atom. The van der Waals surface area contributed by atoms with Crippen LogP contribution in [0.4, 0.5) is 0 Å². The molecule has 0 aromatic heterocycles. The molecule has 2 atom stereocenters. The highest BCUT2D eigenvalue weighted by molar-refractivity contribution is 9.10. The Morgan fingerprint density at radius 3 is 2.67 bits per heavy atom. The number of nitrogens with one attached hydrogen (secondary N) is 1. The van der Waals surface area contributed by atoms with E-state index in [0.717, 1.165) is 15.8 Å². The number of primary amides is 1. The topological polar surface area (TPSA) is 64.3 Å². The molecule has 0 radical (unpaired) electrons. The molecule has 1 rings (SSSR count). The molecule has 3 N–H and O–H groups in total. The van der Waals surface area contributed by atoms with Crippen LogP contribution in [0, 0.1) is 0 Å². The van der Waals surface area contributed by atoms with Crippen molar-refractivity contribution < 1.29 is 9.53 Å². The second-order valence-electron chi connectivity index (χ2n) is 4.15. The van der Waals surface area contributed by atoms with Gasteiger partial charge in [0.25, 0.3) is 0 Å². The zero-order valence-corrected chi connectivity index (χ0v) is 12.5. The molecule has 5 heteroatoms. The number of carbonyl (C=O) groups is 1. The molecule has 1 aromatic carbocycles. The maximum Gasteiger partial charge on any atom is 0.234 e. The molecule has 0 aliphatic carbocycles. The Morgan fingerprint density at radius 1 is 1.56 bits per heavy atom. The molecule has 0 saturated heterocycles. The Bertz CT molecular complexity index is 423. The molecular weight excluding hydrogens is 296 g/mol. The molecule has 0 fully saturated rings. The molecule has 4 nitrogen and oxygen atoms in total. The number of amides is 1. The Labute approximate surface area is 116 Å². The van der Waals surface area contributed by atoms with Gasteiger partial charge in [0, 0.05) is 6.04 Å². The van der Waals surface area contributed by atoms with Gasteiger partial charge >= 0.3 is 0 Å². The number of hydrogen-bond donors (Lipinski definition) is 2. The molecular formula is C13H19BrN2O2.